The first-order chi connectivity index (χ1) is 11.7. The van der Waals surface area contributed by atoms with E-state index in [1.807, 2.05) is 41.4 Å². The molecule has 4 rings (SSSR count). The van der Waals surface area contributed by atoms with Crippen LogP contribution in [-0.2, 0) is 6.42 Å². The second-order valence-electron chi connectivity index (χ2n) is 6.16. The van der Waals surface area contributed by atoms with Crippen molar-refractivity contribution in [1.29, 1.82) is 0 Å². The SMILES string of the molecule is Cl.Cl.O=C(c1ccc2c(c1)CCN2)N1CCN(c2ccc(Br)cn2)CC1. The Labute approximate surface area is 174 Å². The third-order valence-corrected chi connectivity index (χ3v) is 5.13. The summed E-state index contributed by atoms with van der Waals surface area (Å²) >= 11 is 3.41. The molecule has 1 N–H and O–H groups in total. The van der Waals surface area contributed by atoms with E-state index >= 15 is 0 Å². The lowest BCUT2D eigenvalue weighted by Crippen LogP contribution is -2.49. The van der Waals surface area contributed by atoms with E-state index in [-0.39, 0.29) is 30.7 Å². The third-order valence-electron chi connectivity index (χ3n) is 4.66. The maximum Gasteiger partial charge on any atom is 0.253 e. The van der Waals surface area contributed by atoms with E-state index in [1.165, 1.54) is 5.56 Å². The molecule has 0 saturated carbocycles. The van der Waals surface area contributed by atoms with Crippen LogP contribution >= 0.6 is 40.7 Å². The minimum atomic E-state index is 0. The summed E-state index contributed by atoms with van der Waals surface area (Å²) in [4.78, 5) is 21.4. The smallest absolute Gasteiger partial charge is 0.253 e. The first kappa shape index (κ1) is 20.8. The maximum atomic E-state index is 12.8. The fourth-order valence-electron chi connectivity index (χ4n) is 3.31. The van der Waals surface area contributed by atoms with Gasteiger partial charge < -0.3 is 15.1 Å². The zero-order valence-corrected chi connectivity index (χ0v) is 17.4. The normalized spacial score (nSPS) is 15.4. The molecule has 2 aliphatic heterocycles. The molecule has 2 aromatic rings. The highest BCUT2D eigenvalue weighted by atomic mass is 79.9. The predicted octanol–water partition coefficient (Wildman–Crippen LogP) is 3.62. The molecule has 1 aromatic carbocycles. The Morgan fingerprint density at radius 2 is 1.85 bits per heavy atom. The summed E-state index contributed by atoms with van der Waals surface area (Å²) in [7, 11) is 0. The van der Waals surface area contributed by atoms with Crippen molar-refractivity contribution in [1.82, 2.24) is 9.88 Å². The van der Waals surface area contributed by atoms with Crippen molar-refractivity contribution in [2.45, 2.75) is 6.42 Å². The van der Waals surface area contributed by atoms with E-state index in [0.29, 0.717) is 0 Å². The van der Waals surface area contributed by atoms with Gasteiger partial charge in [-0.15, -0.1) is 24.8 Å². The van der Waals surface area contributed by atoms with E-state index in [1.54, 1.807) is 0 Å². The van der Waals surface area contributed by atoms with Gasteiger partial charge in [-0.05, 0) is 58.2 Å². The zero-order valence-electron chi connectivity index (χ0n) is 14.2. The number of carbonyl (C=O) groups is 1. The van der Waals surface area contributed by atoms with Crippen molar-refractivity contribution in [3.05, 3.63) is 52.1 Å². The molecule has 1 fully saturated rings. The number of carbonyl (C=O) groups excluding carboxylic acids is 1. The topological polar surface area (TPSA) is 48.5 Å². The molecule has 5 nitrogen and oxygen atoms in total. The molecule has 1 aromatic heterocycles. The second-order valence-corrected chi connectivity index (χ2v) is 7.08. The summed E-state index contributed by atoms with van der Waals surface area (Å²) in [5.41, 5.74) is 3.21. The number of rotatable bonds is 2. The second kappa shape index (κ2) is 8.93. The maximum absolute atomic E-state index is 12.8. The van der Waals surface area contributed by atoms with E-state index in [9.17, 15) is 4.79 Å². The van der Waals surface area contributed by atoms with Gasteiger partial charge in [-0.25, -0.2) is 4.98 Å². The number of hydrogen-bond donors (Lipinski definition) is 1. The number of fused-ring (bicyclic) bond motifs is 1. The summed E-state index contributed by atoms with van der Waals surface area (Å²) < 4.78 is 0.978. The number of aromatic nitrogens is 1. The number of pyridine rings is 1. The van der Waals surface area contributed by atoms with Gasteiger partial charge in [-0.3, -0.25) is 4.79 Å². The zero-order chi connectivity index (χ0) is 16.5. The van der Waals surface area contributed by atoms with Crippen LogP contribution < -0.4 is 10.2 Å². The molecular formula is C18H21BrCl2N4O. The van der Waals surface area contributed by atoms with Gasteiger partial charge in [-0.1, -0.05) is 0 Å². The Balaban J connectivity index is 0.00000121. The van der Waals surface area contributed by atoms with Gasteiger partial charge >= 0.3 is 0 Å². The first-order valence-corrected chi connectivity index (χ1v) is 9.02. The molecule has 26 heavy (non-hydrogen) atoms. The quantitative estimate of drug-likeness (QED) is 0.745. The lowest BCUT2D eigenvalue weighted by Gasteiger charge is -2.35. The average molecular weight is 460 g/mol. The van der Waals surface area contributed by atoms with Crippen LogP contribution in [0.3, 0.4) is 0 Å². The van der Waals surface area contributed by atoms with Crippen molar-refractivity contribution in [2.24, 2.45) is 0 Å². The van der Waals surface area contributed by atoms with Gasteiger partial charge in [-0.2, -0.15) is 0 Å². The highest BCUT2D eigenvalue weighted by Crippen LogP contribution is 2.24. The number of piperazine rings is 1. The molecule has 0 spiro atoms. The molecule has 0 atom stereocenters. The van der Waals surface area contributed by atoms with Crippen LogP contribution in [0, 0.1) is 0 Å². The monoisotopic (exact) mass is 458 g/mol. The van der Waals surface area contributed by atoms with E-state index in [2.05, 4.69) is 31.1 Å². The van der Waals surface area contributed by atoms with Gasteiger partial charge in [0.1, 0.15) is 5.82 Å². The summed E-state index contributed by atoms with van der Waals surface area (Å²) in [5.74, 6) is 1.10. The van der Waals surface area contributed by atoms with E-state index < -0.39 is 0 Å². The Hall–Kier alpha value is -1.50. The van der Waals surface area contributed by atoms with Gasteiger partial charge in [0.2, 0.25) is 0 Å². The van der Waals surface area contributed by atoms with Crippen LogP contribution in [0.1, 0.15) is 15.9 Å². The van der Waals surface area contributed by atoms with Gasteiger partial charge in [0.05, 0.1) is 0 Å². The van der Waals surface area contributed by atoms with E-state index in [4.69, 9.17) is 0 Å². The number of amides is 1. The Morgan fingerprint density at radius 3 is 2.54 bits per heavy atom. The molecule has 140 valence electrons. The highest BCUT2D eigenvalue weighted by molar-refractivity contribution is 9.10. The molecular weight excluding hydrogens is 439 g/mol. The largest absolute Gasteiger partial charge is 0.384 e. The van der Waals surface area contributed by atoms with Crippen molar-refractivity contribution in [2.75, 3.05) is 42.9 Å². The van der Waals surface area contributed by atoms with Crippen LogP contribution in [0.4, 0.5) is 11.5 Å². The molecule has 8 heteroatoms. The lowest BCUT2D eigenvalue weighted by molar-refractivity contribution is 0.0746. The van der Waals surface area contributed by atoms with Gasteiger partial charge in [0.15, 0.2) is 0 Å². The number of nitrogens with zero attached hydrogens (tertiary/aromatic N) is 3. The van der Waals surface area contributed by atoms with Gasteiger partial charge in [0.25, 0.3) is 5.91 Å². The molecule has 1 saturated heterocycles. The average Bonchev–Trinajstić information content (AvgIpc) is 3.09. The highest BCUT2D eigenvalue weighted by Gasteiger charge is 2.23. The summed E-state index contributed by atoms with van der Waals surface area (Å²) in [6.45, 7) is 4.05. The molecule has 0 bridgehead atoms. The Bertz CT molecular complexity index is 764. The van der Waals surface area contributed by atoms with Crippen LogP contribution in [-0.4, -0.2) is 48.5 Å². The van der Waals surface area contributed by atoms with Crippen LogP contribution in [0.15, 0.2) is 41.0 Å². The van der Waals surface area contributed by atoms with Crippen LogP contribution in [0.5, 0.6) is 0 Å². The van der Waals surface area contributed by atoms with E-state index in [0.717, 1.165) is 60.7 Å². The number of halogens is 3. The molecule has 2 aliphatic rings. The van der Waals surface area contributed by atoms with Crippen molar-refractivity contribution in [3.8, 4) is 0 Å². The van der Waals surface area contributed by atoms with Crippen molar-refractivity contribution >= 4 is 58.2 Å². The van der Waals surface area contributed by atoms with Crippen LogP contribution in [0.25, 0.3) is 0 Å². The first-order valence-electron chi connectivity index (χ1n) is 8.23. The van der Waals surface area contributed by atoms with Crippen LogP contribution in [0.2, 0.25) is 0 Å². The third kappa shape index (κ3) is 4.24. The number of anilines is 2. The summed E-state index contributed by atoms with van der Waals surface area (Å²) in [6.07, 6.45) is 2.81. The molecule has 3 heterocycles. The van der Waals surface area contributed by atoms with Gasteiger partial charge in [0, 0.05) is 54.6 Å². The molecule has 0 radical (unpaired) electrons. The molecule has 1 amide bonds. The standard InChI is InChI=1S/C18H19BrN4O.2ClH/c19-15-2-4-17(21-12-15)22-7-9-23(10-8-22)18(24)14-1-3-16-13(11-14)5-6-20-16;;/h1-4,11-12,20H,5-10H2;2*1H. The van der Waals surface area contributed by atoms with Crippen molar-refractivity contribution in [3.63, 3.8) is 0 Å². The predicted molar refractivity (Wildman–Crippen MR) is 113 cm³/mol. The fourth-order valence-corrected chi connectivity index (χ4v) is 3.55. The Morgan fingerprint density at radius 1 is 1.08 bits per heavy atom. The fraction of sp³-hybridized carbons (Fsp3) is 0.333. The minimum absolute atomic E-state index is 0. The van der Waals surface area contributed by atoms with Crippen molar-refractivity contribution < 1.29 is 4.79 Å². The molecule has 0 aliphatic carbocycles. The molecule has 0 unspecified atom stereocenters. The Kier molecular flexibility index (Phi) is 7.15. The number of nitrogens with one attached hydrogen (secondary N) is 1. The summed E-state index contributed by atoms with van der Waals surface area (Å²) in [6, 6.07) is 10.0. The number of benzene rings is 1. The summed E-state index contributed by atoms with van der Waals surface area (Å²) in [5, 5.41) is 3.33. The minimum Gasteiger partial charge on any atom is -0.384 e. The number of hydrogen-bond acceptors (Lipinski definition) is 4. The lowest BCUT2D eigenvalue weighted by atomic mass is 10.1.